The molecule has 1 amide bonds. The average Bonchev–Trinajstić information content (AvgIpc) is 2.84. The number of thiophene rings is 1. The van der Waals surface area contributed by atoms with Crippen LogP contribution in [0.3, 0.4) is 0 Å². The van der Waals surface area contributed by atoms with Gasteiger partial charge in [-0.25, -0.2) is 5.43 Å². The third-order valence-corrected chi connectivity index (χ3v) is 4.24. The van der Waals surface area contributed by atoms with E-state index in [4.69, 9.17) is 4.74 Å². The number of carbonyl (C=O) groups is 1. The molecule has 1 aromatic heterocycles. The predicted octanol–water partition coefficient (Wildman–Crippen LogP) is 3.59. The fourth-order valence-electron chi connectivity index (χ4n) is 1.54. The molecule has 0 aliphatic rings. The minimum Gasteiger partial charge on any atom is -0.496 e. The summed E-state index contributed by atoms with van der Waals surface area (Å²) in [6.45, 7) is 2.00. The number of nitrogens with one attached hydrogen (secondary N) is 1. The first-order valence-electron chi connectivity index (χ1n) is 5.83. The van der Waals surface area contributed by atoms with Gasteiger partial charge in [-0.05, 0) is 58.1 Å². The minimum atomic E-state index is -0.265. The summed E-state index contributed by atoms with van der Waals surface area (Å²) in [5, 5.41) is 5.95. The standard InChI is InChI=1S/C14H13BrN2O2S/c1-9-5-6-20-13(9)8-16-17-14(18)10-3-4-12(19-2)11(15)7-10/h3-8H,1-2H3,(H,17,18)/b16-8+. The van der Waals surface area contributed by atoms with Crippen LogP contribution in [0.25, 0.3) is 0 Å². The number of benzene rings is 1. The zero-order chi connectivity index (χ0) is 14.5. The van der Waals surface area contributed by atoms with Crippen molar-refractivity contribution in [1.29, 1.82) is 0 Å². The number of hydrogen-bond donors (Lipinski definition) is 1. The van der Waals surface area contributed by atoms with Crippen LogP contribution in [0.5, 0.6) is 5.75 Å². The van der Waals surface area contributed by atoms with E-state index in [0.29, 0.717) is 11.3 Å². The Morgan fingerprint density at radius 2 is 2.25 bits per heavy atom. The zero-order valence-corrected chi connectivity index (χ0v) is 13.4. The molecule has 1 heterocycles. The number of nitrogens with zero attached hydrogens (tertiary/aromatic N) is 1. The molecule has 20 heavy (non-hydrogen) atoms. The summed E-state index contributed by atoms with van der Waals surface area (Å²) in [5.41, 5.74) is 4.16. The Morgan fingerprint density at radius 1 is 1.45 bits per heavy atom. The number of amides is 1. The van der Waals surface area contributed by atoms with Crippen molar-refractivity contribution in [3.8, 4) is 5.75 Å². The molecule has 4 nitrogen and oxygen atoms in total. The van der Waals surface area contributed by atoms with E-state index in [1.165, 1.54) is 0 Å². The molecule has 1 aromatic carbocycles. The molecule has 0 aliphatic heterocycles. The molecule has 0 saturated carbocycles. The Labute approximate surface area is 129 Å². The highest BCUT2D eigenvalue weighted by Gasteiger charge is 2.07. The molecule has 104 valence electrons. The lowest BCUT2D eigenvalue weighted by atomic mass is 10.2. The van der Waals surface area contributed by atoms with E-state index in [0.717, 1.165) is 14.9 Å². The Morgan fingerprint density at radius 3 is 2.85 bits per heavy atom. The van der Waals surface area contributed by atoms with Gasteiger partial charge in [-0.3, -0.25) is 4.79 Å². The number of ether oxygens (including phenoxy) is 1. The molecule has 1 N–H and O–H groups in total. The monoisotopic (exact) mass is 352 g/mol. The molecule has 0 spiro atoms. The number of hydrogen-bond acceptors (Lipinski definition) is 4. The molecular formula is C14H13BrN2O2S. The van der Waals surface area contributed by atoms with E-state index in [1.54, 1.807) is 42.9 Å². The average molecular weight is 353 g/mol. The Bertz CT molecular complexity index is 652. The van der Waals surface area contributed by atoms with Gasteiger partial charge in [0.05, 0.1) is 17.8 Å². The first-order valence-corrected chi connectivity index (χ1v) is 7.50. The van der Waals surface area contributed by atoms with Crippen molar-refractivity contribution < 1.29 is 9.53 Å². The molecule has 6 heteroatoms. The van der Waals surface area contributed by atoms with Gasteiger partial charge in [0.25, 0.3) is 5.91 Å². The third kappa shape index (κ3) is 3.46. The maximum atomic E-state index is 11.9. The summed E-state index contributed by atoms with van der Waals surface area (Å²) < 4.78 is 5.84. The van der Waals surface area contributed by atoms with Crippen molar-refractivity contribution >= 4 is 39.4 Å². The highest BCUT2D eigenvalue weighted by molar-refractivity contribution is 9.10. The van der Waals surface area contributed by atoms with Crippen molar-refractivity contribution in [2.75, 3.05) is 7.11 Å². The zero-order valence-electron chi connectivity index (χ0n) is 11.0. The summed E-state index contributed by atoms with van der Waals surface area (Å²) in [7, 11) is 1.58. The second-order valence-corrected chi connectivity index (χ2v) is 5.82. The quantitative estimate of drug-likeness (QED) is 0.675. The van der Waals surface area contributed by atoms with E-state index in [9.17, 15) is 4.79 Å². The number of methoxy groups -OCH3 is 1. The summed E-state index contributed by atoms with van der Waals surface area (Å²) in [5.74, 6) is 0.415. The first-order chi connectivity index (χ1) is 9.61. The Kier molecular flexibility index (Phi) is 4.92. The van der Waals surface area contributed by atoms with Crippen molar-refractivity contribution in [2.24, 2.45) is 5.10 Å². The van der Waals surface area contributed by atoms with Gasteiger partial charge < -0.3 is 4.74 Å². The van der Waals surface area contributed by atoms with Crippen LogP contribution < -0.4 is 10.2 Å². The molecule has 0 aliphatic carbocycles. The second-order valence-electron chi connectivity index (χ2n) is 4.02. The van der Waals surface area contributed by atoms with Crippen LogP contribution in [0.2, 0.25) is 0 Å². The van der Waals surface area contributed by atoms with Crippen LogP contribution in [0.4, 0.5) is 0 Å². The lowest BCUT2D eigenvalue weighted by Crippen LogP contribution is -2.17. The maximum absolute atomic E-state index is 11.9. The summed E-state index contributed by atoms with van der Waals surface area (Å²) >= 11 is 4.92. The van der Waals surface area contributed by atoms with Gasteiger partial charge in [0.15, 0.2) is 0 Å². The number of carbonyl (C=O) groups excluding carboxylic acids is 1. The third-order valence-electron chi connectivity index (χ3n) is 2.66. The molecule has 0 radical (unpaired) electrons. The summed E-state index contributed by atoms with van der Waals surface area (Å²) in [6.07, 6.45) is 1.65. The van der Waals surface area contributed by atoms with E-state index in [2.05, 4.69) is 26.5 Å². The molecule has 0 fully saturated rings. The lowest BCUT2D eigenvalue weighted by molar-refractivity contribution is 0.0955. The highest BCUT2D eigenvalue weighted by Crippen LogP contribution is 2.25. The van der Waals surface area contributed by atoms with Crippen LogP contribution in [0.15, 0.2) is 39.2 Å². The molecule has 2 aromatic rings. The SMILES string of the molecule is COc1ccc(C(=O)N/N=C/c2sccc2C)cc1Br. The van der Waals surface area contributed by atoms with Gasteiger partial charge in [-0.2, -0.15) is 5.10 Å². The minimum absolute atomic E-state index is 0.265. The largest absolute Gasteiger partial charge is 0.496 e. The molecule has 2 rings (SSSR count). The lowest BCUT2D eigenvalue weighted by Gasteiger charge is -2.05. The van der Waals surface area contributed by atoms with Gasteiger partial charge in [0.2, 0.25) is 0 Å². The van der Waals surface area contributed by atoms with Gasteiger partial charge in [0, 0.05) is 10.4 Å². The smallest absolute Gasteiger partial charge is 0.271 e. The number of hydrazone groups is 1. The van der Waals surface area contributed by atoms with Crippen molar-refractivity contribution in [3.05, 3.63) is 50.1 Å². The Hall–Kier alpha value is -1.66. The molecular weight excluding hydrogens is 340 g/mol. The number of rotatable bonds is 4. The van der Waals surface area contributed by atoms with Crippen LogP contribution in [0.1, 0.15) is 20.8 Å². The van der Waals surface area contributed by atoms with E-state index >= 15 is 0 Å². The van der Waals surface area contributed by atoms with Crippen molar-refractivity contribution in [2.45, 2.75) is 6.92 Å². The van der Waals surface area contributed by atoms with Crippen LogP contribution in [-0.2, 0) is 0 Å². The van der Waals surface area contributed by atoms with Crippen molar-refractivity contribution in [3.63, 3.8) is 0 Å². The van der Waals surface area contributed by atoms with Crippen LogP contribution in [0, 0.1) is 6.92 Å². The van der Waals surface area contributed by atoms with Gasteiger partial charge >= 0.3 is 0 Å². The highest BCUT2D eigenvalue weighted by atomic mass is 79.9. The first kappa shape index (κ1) is 14.7. The molecule has 0 bridgehead atoms. The van der Waals surface area contributed by atoms with Gasteiger partial charge in [0.1, 0.15) is 5.75 Å². The molecule has 0 saturated heterocycles. The molecule has 0 unspecified atom stereocenters. The Balaban J connectivity index is 2.03. The fourth-order valence-corrected chi connectivity index (χ4v) is 2.87. The second kappa shape index (κ2) is 6.67. The van der Waals surface area contributed by atoms with E-state index in [-0.39, 0.29) is 5.91 Å². The van der Waals surface area contributed by atoms with Gasteiger partial charge in [-0.15, -0.1) is 11.3 Å². The summed E-state index contributed by atoms with van der Waals surface area (Å²) in [6, 6.07) is 7.12. The normalized spacial score (nSPS) is 10.8. The number of halogens is 1. The van der Waals surface area contributed by atoms with Crippen LogP contribution >= 0.6 is 27.3 Å². The fraction of sp³-hybridized carbons (Fsp3) is 0.143. The van der Waals surface area contributed by atoms with Crippen LogP contribution in [-0.4, -0.2) is 19.2 Å². The summed E-state index contributed by atoms with van der Waals surface area (Å²) in [4.78, 5) is 13.0. The topological polar surface area (TPSA) is 50.7 Å². The maximum Gasteiger partial charge on any atom is 0.271 e. The van der Waals surface area contributed by atoms with E-state index in [1.807, 2.05) is 18.4 Å². The molecule has 0 atom stereocenters. The predicted molar refractivity (Wildman–Crippen MR) is 84.8 cm³/mol. The van der Waals surface area contributed by atoms with Crippen molar-refractivity contribution in [1.82, 2.24) is 5.43 Å². The number of aryl methyl sites for hydroxylation is 1. The van der Waals surface area contributed by atoms with E-state index < -0.39 is 0 Å². The van der Waals surface area contributed by atoms with Gasteiger partial charge in [-0.1, -0.05) is 0 Å².